The van der Waals surface area contributed by atoms with Crippen LogP contribution in [0.5, 0.6) is 0 Å². The Balaban J connectivity index is 1.86. The lowest BCUT2D eigenvalue weighted by molar-refractivity contribution is -0.138. The summed E-state index contributed by atoms with van der Waals surface area (Å²) in [7, 11) is 0. The lowest BCUT2D eigenvalue weighted by Gasteiger charge is -2.02. The highest BCUT2D eigenvalue weighted by Crippen LogP contribution is 2.11. The van der Waals surface area contributed by atoms with E-state index in [2.05, 4.69) is 0 Å². The van der Waals surface area contributed by atoms with Crippen LogP contribution in [0.4, 0.5) is 0 Å². The molecule has 0 heterocycles. The molecule has 0 fully saturated rings. The number of esters is 1. The summed E-state index contributed by atoms with van der Waals surface area (Å²) in [6, 6.07) is 16.1. The molecule has 4 heteroatoms. The minimum atomic E-state index is -0.422. The lowest BCUT2D eigenvalue weighted by atomic mass is 10.2. The molecule has 2 rings (SSSR count). The van der Waals surface area contributed by atoms with Crippen LogP contribution in [0.3, 0.4) is 0 Å². The highest BCUT2D eigenvalue weighted by molar-refractivity contribution is 6.30. The van der Waals surface area contributed by atoms with Gasteiger partial charge >= 0.3 is 5.97 Å². The Morgan fingerprint density at radius 2 is 1.81 bits per heavy atom. The van der Waals surface area contributed by atoms with Gasteiger partial charge in [0.05, 0.1) is 11.6 Å². The fourth-order valence-electron chi connectivity index (χ4n) is 1.62. The monoisotopic (exact) mass is 297 g/mol. The van der Waals surface area contributed by atoms with Gasteiger partial charge in [0.25, 0.3) is 0 Å². The Kier molecular flexibility index (Phi) is 5.14. The maximum absolute atomic E-state index is 11.6. The molecule has 0 saturated heterocycles. The van der Waals surface area contributed by atoms with Crippen LogP contribution < -0.4 is 0 Å². The number of carbonyl (C=O) groups excluding carboxylic acids is 1. The molecule has 0 N–H and O–H groups in total. The van der Waals surface area contributed by atoms with Crippen molar-refractivity contribution in [1.82, 2.24) is 0 Å². The van der Waals surface area contributed by atoms with E-state index < -0.39 is 5.97 Å². The number of halogens is 1. The van der Waals surface area contributed by atoms with E-state index in [1.807, 2.05) is 18.2 Å². The van der Waals surface area contributed by atoms with E-state index in [-0.39, 0.29) is 6.61 Å². The summed E-state index contributed by atoms with van der Waals surface area (Å²) < 4.78 is 5.11. The standard InChI is InChI=1S/C17H12ClNO2/c18-16-8-5-13(6-9-16)7-10-17(20)21-12-15-3-1-14(11-19)2-4-15/h1-10H,12H2/b10-7+. The molecule has 0 bridgehead atoms. The number of nitriles is 1. The molecular weight excluding hydrogens is 286 g/mol. The maximum Gasteiger partial charge on any atom is 0.331 e. The highest BCUT2D eigenvalue weighted by Gasteiger charge is 1.99. The largest absolute Gasteiger partial charge is 0.458 e. The van der Waals surface area contributed by atoms with Crippen LogP contribution in [-0.2, 0) is 16.1 Å². The van der Waals surface area contributed by atoms with Crippen LogP contribution in [0.2, 0.25) is 5.02 Å². The highest BCUT2D eigenvalue weighted by atomic mass is 35.5. The van der Waals surface area contributed by atoms with Crippen molar-refractivity contribution < 1.29 is 9.53 Å². The molecule has 0 spiro atoms. The molecule has 0 atom stereocenters. The van der Waals surface area contributed by atoms with Crippen molar-refractivity contribution in [1.29, 1.82) is 5.26 Å². The summed E-state index contributed by atoms with van der Waals surface area (Å²) in [5, 5.41) is 9.34. The predicted molar refractivity (Wildman–Crippen MR) is 81.4 cm³/mol. The van der Waals surface area contributed by atoms with Gasteiger partial charge in [0.2, 0.25) is 0 Å². The summed E-state index contributed by atoms with van der Waals surface area (Å²) in [5.74, 6) is -0.422. The van der Waals surface area contributed by atoms with Gasteiger partial charge in [0.1, 0.15) is 6.61 Å². The molecule has 0 saturated carbocycles. The zero-order valence-electron chi connectivity index (χ0n) is 11.1. The molecule has 21 heavy (non-hydrogen) atoms. The third-order valence-electron chi connectivity index (χ3n) is 2.75. The average molecular weight is 298 g/mol. The molecular formula is C17H12ClNO2. The number of carbonyl (C=O) groups is 1. The van der Waals surface area contributed by atoms with Gasteiger partial charge < -0.3 is 4.74 Å². The van der Waals surface area contributed by atoms with E-state index >= 15 is 0 Å². The lowest BCUT2D eigenvalue weighted by Crippen LogP contribution is -2.00. The molecule has 0 aliphatic rings. The molecule has 2 aromatic carbocycles. The fraction of sp³-hybridized carbons (Fsp3) is 0.0588. The smallest absolute Gasteiger partial charge is 0.331 e. The SMILES string of the molecule is N#Cc1ccc(COC(=O)/C=C/c2ccc(Cl)cc2)cc1. The number of hydrogen-bond donors (Lipinski definition) is 0. The van der Waals surface area contributed by atoms with Gasteiger partial charge in [-0.15, -0.1) is 0 Å². The predicted octanol–water partition coefficient (Wildman–Crippen LogP) is 3.97. The van der Waals surface area contributed by atoms with Crippen molar-refractivity contribution in [2.45, 2.75) is 6.61 Å². The Bertz CT molecular complexity index is 682. The summed E-state index contributed by atoms with van der Waals surface area (Å²) >= 11 is 5.78. The van der Waals surface area contributed by atoms with E-state index in [9.17, 15) is 4.79 Å². The second-order valence-corrected chi connectivity index (χ2v) is 4.74. The third-order valence-corrected chi connectivity index (χ3v) is 3.00. The van der Waals surface area contributed by atoms with Crippen molar-refractivity contribution in [2.75, 3.05) is 0 Å². The third kappa shape index (κ3) is 4.79. The molecule has 0 aromatic heterocycles. The van der Waals surface area contributed by atoms with Crippen molar-refractivity contribution >= 4 is 23.6 Å². The van der Waals surface area contributed by atoms with Crippen LogP contribution in [-0.4, -0.2) is 5.97 Å². The van der Waals surface area contributed by atoms with Crippen LogP contribution in [0.1, 0.15) is 16.7 Å². The van der Waals surface area contributed by atoms with Crippen LogP contribution >= 0.6 is 11.6 Å². The quantitative estimate of drug-likeness (QED) is 0.634. The van der Waals surface area contributed by atoms with Crippen molar-refractivity contribution in [2.24, 2.45) is 0 Å². The van der Waals surface area contributed by atoms with Crippen molar-refractivity contribution in [3.63, 3.8) is 0 Å². The first-order valence-corrected chi connectivity index (χ1v) is 6.64. The zero-order chi connectivity index (χ0) is 15.1. The van der Waals surface area contributed by atoms with E-state index in [1.54, 1.807) is 42.5 Å². The number of benzene rings is 2. The maximum atomic E-state index is 11.6. The first-order chi connectivity index (χ1) is 10.2. The zero-order valence-corrected chi connectivity index (χ0v) is 11.9. The Labute approximate surface area is 128 Å². The van der Waals surface area contributed by atoms with Crippen molar-refractivity contribution in [3.8, 4) is 6.07 Å². The van der Waals surface area contributed by atoms with E-state index in [4.69, 9.17) is 21.6 Å². The van der Waals surface area contributed by atoms with Gasteiger partial charge in [-0.2, -0.15) is 5.26 Å². The van der Waals surface area contributed by atoms with Crippen LogP contribution in [0, 0.1) is 11.3 Å². The molecule has 0 aliphatic heterocycles. The molecule has 0 unspecified atom stereocenters. The topological polar surface area (TPSA) is 50.1 Å². The Morgan fingerprint density at radius 1 is 1.14 bits per heavy atom. The van der Waals surface area contributed by atoms with Gasteiger partial charge in [-0.1, -0.05) is 35.9 Å². The van der Waals surface area contributed by atoms with E-state index in [1.165, 1.54) is 6.08 Å². The average Bonchev–Trinajstić information content (AvgIpc) is 2.53. The minimum Gasteiger partial charge on any atom is -0.458 e. The summed E-state index contributed by atoms with van der Waals surface area (Å²) in [5.41, 5.74) is 2.28. The van der Waals surface area contributed by atoms with E-state index in [0.29, 0.717) is 10.6 Å². The first-order valence-electron chi connectivity index (χ1n) is 6.27. The number of rotatable bonds is 4. The van der Waals surface area contributed by atoms with Crippen LogP contribution in [0.25, 0.3) is 6.08 Å². The Hall–Kier alpha value is -2.57. The second kappa shape index (κ2) is 7.28. The van der Waals surface area contributed by atoms with Crippen molar-refractivity contribution in [3.05, 3.63) is 76.3 Å². The normalized spacial score (nSPS) is 10.3. The molecule has 0 amide bonds. The summed E-state index contributed by atoms with van der Waals surface area (Å²) in [6.45, 7) is 0.176. The molecule has 0 aliphatic carbocycles. The minimum absolute atomic E-state index is 0.176. The van der Waals surface area contributed by atoms with Gasteiger partial charge in [-0.3, -0.25) is 0 Å². The molecule has 104 valence electrons. The summed E-state index contributed by atoms with van der Waals surface area (Å²) in [4.78, 5) is 11.6. The first kappa shape index (κ1) is 14.8. The van der Waals surface area contributed by atoms with Crippen LogP contribution in [0.15, 0.2) is 54.6 Å². The fourth-order valence-corrected chi connectivity index (χ4v) is 1.74. The van der Waals surface area contributed by atoms with Gasteiger partial charge in [-0.25, -0.2) is 4.79 Å². The van der Waals surface area contributed by atoms with Gasteiger partial charge in [-0.05, 0) is 41.5 Å². The van der Waals surface area contributed by atoms with Gasteiger partial charge in [0.15, 0.2) is 0 Å². The molecule has 0 radical (unpaired) electrons. The summed E-state index contributed by atoms with van der Waals surface area (Å²) in [6.07, 6.45) is 3.03. The van der Waals surface area contributed by atoms with Gasteiger partial charge in [0, 0.05) is 11.1 Å². The Morgan fingerprint density at radius 3 is 2.43 bits per heavy atom. The number of ether oxygens (including phenoxy) is 1. The molecule has 2 aromatic rings. The number of hydrogen-bond acceptors (Lipinski definition) is 3. The van der Waals surface area contributed by atoms with E-state index in [0.717, 1.165) is 11.1 Å². The number of nitrogens with zero attached hydrogens (tertiary/aromatic N) is 1. The molecule has 3 nitrogen and oxygen atoms in total. The second-order valence-electron chi connectivity index (χ2n) is 4.30.